The third-order valence-electron chi connectivity index (χ3n) is 2.98. The molecule has 92 valence electrons. The van der Waals surface area contributed by atoms with Gasteiger partial charge in [-0.25, -0.2) is 4.39 Å². The fraction of sp³-hybridized carbons (Fsp3) is 0.462. The van der Waals surface area contributed by atoms with E-state index in [1.165, 1.54) is 6.07 Å². The number of carbonyl (C=O) groups is 1. The van der Waals surface area contributed by atoms with E-state index in [4.69, 9.17) is 0 Å². The molecule has 1 heterocycles. The summed E-state index contributed by atoms with van der Waals surface area (Å²) in [5.74, 6) is -0.0811. The van der Waals surface area contributed by atoms with Crippen LogP contribution in [-0.2, 0) is 11.2 Å². The molecule has 4 heteroatoms. The van der Waals surface area contributed by atoms with Gasteiger partial charge in [-0.3, -0.25) is 4.79 Å². The summed E-state index contributed by atoms with van der Waals surface area (Å²) in [6.07, 6.45) is 1.15. The molecule has 0 radical (unpaired) electrons. The van der Waals surface area contributed by atoms with Gasteiger partial charge >= 0.3 is 0 Å². The van der Waals surface area contributed by atoms with Crippen molar-refractivity contribution in [1.82, 2.24) is 10.6 Å². The molecule has 3 nitrogen and oxygen atoms in total. The molecule has 1 amide bonds. The molecule has 1 aliphatic rings. The summed E-state index contributed by atoms with van der Waals surface area (Å²) in [5, 5.41) is 6.11. The second kappa shape index (κ2) is 5.27. The van der Waals surface area contributed by atoms with E-state index in [0.717, 1.165) is 0 Å². The molecule has 17 heavy (non-hydrogen) atoms. The van der Waals surface area contributed by atoms with Crippen LogP contribution < -0.4 is 10.6 Å². The molecule has 2 rings (SSSR count). The monoisotopic (exact) mass is 236 g/mol. The highest BCUT2D eigenvalue weighted by Gasteiger charge is 2.22. The first-order valence-electron chi connectivity index (χ1n) is 5.91. The molecular weight excluding hydrogens is 219 g/mol. The van der Waals surface area contributed by atoms with Crippen molar-refractivity contribution in [2.45, 2.75) is 31.8 Å². The summed E-state index contributed by atoms with van der Waals surface area (Å²) in [6, 6.07) is 7.13. The summed E-state index contributed by atoms with van der Waals surface area (Å²) in [4.78, 5) is 11.0. The maximum Gasteiger partial charge on any atom is 0.221 e. The van der Waals surface area contributed by atoms with Crippen molar-refractivity contribution >= 4 is 5.91 Å². The van der Waals surface area contributed by atoms with Crippen molar-refractivity contribution < 1.29 is 9.18 Å². The SMILES string of the molecule is CC(Cc1ccccc1F)NC1CNC(=O)C1. The highest BCUT2D eigenvalue weighted by atomic mass is 19.1. The average molecular weight is 236 g/mol. The fourth-order valence-corrected chi connectivity index (χ4v) is 2.18. The summed E-state index contributed by atoms with van der Waals surface area (Å²) in [5.41, 5.74) is 0.713. The number of hydrogen-bond acceptors (Lipinski definition) is 2. The van der Waals surface area contributed by atoms with Crippen LogP contribution in [0.15, 0.2) is 24.3 Å². The first-order chi connectivity index (χ1) is 8.15. The quantitative estimate of drug-likeness (QED) is 0.825. The van der Waals surface area contributed by atoms with Crippen molar-refractivity contribution in [2.24, 2.45) is 0 Å². The van der Waals surface area contributed by atoms with E-state index >= 15 is 0 Å². The molecule has 1 aliphatic heterocycles. The Morgan fingerprint density at radius 1 is 1.53 bits per heavy atom. The Balaban J connectivity index is 1.87. The molecule has 0 saturated carbocycles. The van der Waals surface area contributed by atoms with Gasteiger partial charge in [0, 0.05) is 25.0 Å². The third-order valence-corrected chi connectivity index (χ3v) is 2.98. The molecule has 0 aliphatic carbocycles. The Morgan fingerprint density at radius 2 is 2.29 bits per heavy atom. The number of hydrogen-bond donors (Lipinski definition) is 2. The lowest BCUT2D eigenvalue weighted by Gasteiger charge is -2.18. The molecule has 1 aromatic carbocycles. The minimum absolute atomic E-state index is 0.0839. The van der Waals surface area contributed by atoms with Gasteiger partial charge in [0.1, 0.15) is 5.82 Å². The Kier molecular flexibility index (Phi) is 3.74. The Bertz CT molecular complexity index is 408. The van der Waals surface area contributed by atoms with Gasteiger partial charge in [0.05, 0.1) is 0 Å². The van der Waals surface area contributed by atoms with Crippen LogP contribution in [0.4, 0.5) is 4.39 Å². The van der Waals surface area contributed by atoms with Gasteiger partial charge in [0.2, 0.25) is 5.91 Å². The van der Waals surface area contributed by atoms with Crippen LogP contribution in [0.3, 0.4) is 0 Å². The predicted molar refractivity (Wildman–Crippen MR) is 64.1 cm³/mol. The van der Waals surface area contributed by atoms with Gasteiger partial charge in [0.15, 0.2) is 0 Å². The van der Waals surface area contributed by atoms with E-state index in [1.807, 2.05) is 13.0 Å². The first-order valence-corrected chi connectivity index (χ1v) is 5.91. The minimum atomic E-state index is -0.165. The van der Waals surface area contributed by atoms with Crippen molar-refractivity contribution in [3.05, 3.63) is 35.6 Å². The van der Waals surface area contributed by atoms with Gasteiger partial charge in [0.25, 0.3) is 0 Å². The first kappa shape index (κ1) is 12.0. The van der Waals surface area contributed by atoms with E-state index in [0.29, 0.717) is 24.9 Å². The van der Waals surface area contributed by atoms with Gasteiger partial charge in [-0.2, -0.15) is 0 Å². The molecule has 0 aromatic heterocycles. The molecule has 2 N–H and O–H groups in total. The van der Waals surface area contributed by atoms with Crippen molar-refractivity contribution in [2.75, 3.05) is 6.54 Å². The van der Waals surface area contributed by atoms with Crippen LogP contribution in [0.1, 0.15) is 18.9 Å². The smallest absolute Gasteiger partial charge is 0.221 e. The van der Waals surface area contributed by atoms with E-state index in [9.17, 15) is 9.18 Å². The largest absolute Gasteiger partial charge is 0.354 e. The second-order valence-electron chi connectivity index (χ2n) is 4.57. The Labute approximate surface area is 100 Å². The summed E-state index contributed by atoms with van der Waals surface area (Å²) >= 11 is 0. The predicted octanol–water partition coefficient (Wildman–Crippen LogP) is 1.23. The number of halogens is 1. The summed E-state index contributed by atoms with van der Waals surface area (Å²) in [6.45, 7) is 2.68. The Hall–Kier alpha value is -1.42. The maximum absolute atomic E-state index is 13.4. The summed E-state index contributed by atoms with van der Waals surface area (Å²) in [7, 11) is 0. The lowest BCUT2D eigenvalue weighted by molar-refractivity contribution is -0.119. The summed E-state index contributed by atoms with van der Waals surface area (Å²) < 4.78 is 13.4. The van der Waals surface area contributed by atoms with E-state index < -0.39 is 0 Å². The minimum Gasteiger partial charge on any atom is -0.354 e. The van der Waals surface area contributed by atoms with E-state index in [2.05, 4.69) is 10.6 Å². The van der Waals surface area contributed by atoms with Crippen LogP contribution in [0.2, 0.25) is 0 Å². The van der Waals surface area contributed by atoms with E-state index in [-0.39, 0.29) is 23.8 Å². The van der Waals surface area contributed by atoms with Gasteiger partial charge in [-0.15, -0.1) is 0 Å². The van der Waals surface area contributed by atoms with Crippen LogP contribution in [-0.4, -0.2) is 24.5 Å². The van der Waals surface area contributed by atoms with E-state index in [1.54, 1.807) is 12.1 Å². The molecule has 2 atom stereocenters. The lowest BCUT2D eigenvalue weighted by atomic mass is 10.1. The molecule has 0 bridgehead atoms. The average Bonchev–Trinajstić information content (AvgIpc) is 2.67. The highest BCUT2D eigenvalue weighted by molar-refractivity contribution is 5.78. The van der Waals surface area contributed by atoms with Crippen LogP contribution in [0.5, 0.6) is 0 Å². The molecular formula is C13H17FN2O. The normalized spacial score (nSPS) is 21.3. The second-order valence-corrected chi connectivity index (χ2v) is 4.57. The van der Waals surface area contributed by atoms with Crippen molar-refractivity contribution in [1.29, 1.82) is 0 Å². The van der Waals surface area contributed by atoms with Crippen LogP contribution in [0, 0.1) is 5.82 Å². The highest BCUT2D eigenvalue weighted by Crippen LogP contribution is 2.10. The van der Waals surface area contributed by atoms with Gasteiger partial charge in [-0.05, 0) is 25.0 Å². The number of benzene rings is 1. The lowest BCUT2D eigenvalue weighted by Crippen LogP contribution is -2.39. The topological polar surface area (TPSA) is 41.1 Å². The zero-order valence-corrected chi connectivity index (χ0v) is 9.87. The number of nitrogens with one attached hydrogen (secondary N) is 2. The zero-order valence-electron chi connectivity index (χ0n) is 9.87. The van der Waals surface area contributed by atoms with Crippen LogP contribution >= 0.6 is 0 Å². The molecule has 2 unspecified atom stereocenters. The van der Waals surface area contributed by atoms with Crippen LogP contribution in [0.25, 0.3) is 0 Å². The van der Waals surface area contributed by atoms with Crippen molar-refractivity contribution in [3.63, 3.8) is 0 Å². The third kappa shape index (κ3) is 3.27. The molecule has 1 saturated heterocycles. The Morgan fingerprint density at radius 3 is 2.94 bits per heavy atom. The molecule has 1 fully saturated rings. The number of amides is 1. The molecule has 0 spiro atoms. The standard InChI is InChI=1S/C13H17FN2O/c1-9(16-11-7-13(17)15-8-11)6-10-4-2-3-5-12(10)14/h2-5,9,11,16H,6-8H2,1H3,(H,15,17). The van der Waals surface area contributed by atoms with Gasteiger partial charge < -0.3 is 10.6 Å². The number of carbonyl (C=O) groups excluding carboxylic acids is 1. The number of rotatable bonds is 4. The van der Waals surface area contributed by atoms with Gasteiger partial charge in [-0.1, -0.05) is 18.2 Å². The fourth-order valence-electron chi connectivity index (χ4n) is 2.18. The molecule has 1 aromatic rings. The zero-order chi connectivity index (χ0) is 12.3. The van der Waals surface area contributed by atoms with Crippen molar-refractivity contribution in [3.8, 4) is 0 Å². The maximum atomic E-state index is 13.4.